The Kier molecular flexibility index (Phi) is 4.50. The maximum absolute atomic E-state index is 13.6. The van der Waals surface area contributed by atoms with Gasteiger partial charge in [0.25, 0.3) is 0 Å². The summed E-state index contributed by atoms with van der Waals surface area (Å²) >= 11 is 4.91. The molecule has 104 valence electrons. The minimum absolute atomic E-state index is 0.208. The van der Waals surface area contributed by atoms with Crippen LogP contribution >= 0.6 is 12.2 Å². The van der Waals surface area contributed by atoms with E-state index >= 15 is 0 Å². The Morgan fingerprint density at radius 1 is 1.47 bits per heavy atom. The molecule has 1 heterocycles. The molecular weight excluding hydrogens is 263 g/mol. The van der Waals surface area contributed by atoms with E-state index < -0.39 is 0 Å². The van der Waals surface area contributed by atoms with Crippen LogP contribution in [-0.2, 0) is 11.3 Å². The van der Waals surface area contributed by atoms with Crippen LogP contribution in [0.2, 0.25) is 0 Å². The van der Waals surface area contributed by atoms with Gasteiger partial charge in [0.15, 0.2) is 0 Å². The van der Waals surface area contributed by atoms with Crippen LogP contribution in [0.25, 0.3) is 0 Å². The second-order valence-corrected chi connectivity index (χ2v) is 5.57. The van der Waals surface area contributed by atoms with Crippen LogP contribution in [0.15, 0.2) is 18.2 Å². The van der Waals surface area contributed by atoms with Crippen molar-refractivity contribution < 1.29 is 9.13 Å². The quantitative estimate of drug-likeness (QED) is 0.861. The number of morpholine rings is 1. The van der Waals surface area contributed by atoms with E-state index in [1.54, 1.807) is 0 Å². The first kappa shape index (κ1) is 14.4. The van der Waals surface area contributed by atoms with Gasteiger partial charge < -0.3 is 10.5 Å². The van der Waals surface area contributed by atoms with E-state index in [0.29, 0.717) is 24.8 Å². The zero-order chi connectivity index (χ0) is 14.0. The predicted octanol–water partition coefficient (Wildman–Crippen LogP) is 2.07. The topological polar surface area (TPSA) is 38.5 Å². The van der Waals surface area contributed by atoms with Crippen molar-refractivity contribution in [3.8, 4) is 0 Å². The molecule has 2 unspecified atom stereocenters. The maximum Gasteiger partial charge on any atom is 0.124 e. The van der Waals surface area contributed by atoms with Crippen molar-refractivity contribution in [2.75, 3.05) is 13.2 Å². The number of hydrogen-bond acceptors (Lipinski definition) is 3. The Labute approximate surface area is 118 Å². The molecule has 5 heteroatoms. The van der Waals surface area contributed by atoms with E-state index in [1.165, 1.54) is 12.1 Å². The predicted molar refractivity (Wildman–Crippen MR) is 77.6 cm³/mol. The van der Waals surface area contributed by atoms with Crippen LogP contribution in [-0.4, -0.2) is 35.2 Å². The molecule has 0 aliphatic carbocycles. The highest BCUT2D eigenvalue weighted by Gasteiger charge is 2.23. The Hall–Kier alpha value is -1.04. The normalized spacial score (nSPS) is 24.4. The van der Waals surface area contributed by atoms with Gasteiger partial charge in [0.2, 0.25) is 0 Å². The molecule has 2 N–H and O–H groups in total. The molecule has 0 amide bonds. The van der Waals surface area contributed by atoms with Gasteiger partial charge in [-0.1, -0.05) is 12.2 Å². The number of thiocarbonyl (C=S) groups is 1. The number of rotatable bonds is 3. The molecule has 1 aliphatic rings. The fourth-order valence-corrected chi connectivity index (χ4v) is 2.43. The molecule has 2 atom stereocenters. The lowest BCUT2D eigenvalue weighted by Gasteiger charge is -2.36. The number of ether oxygens (including phenoxy) is 1. The number of halogens is 1. The second-order valence-electron chi connectivity index (χ2n) is 5.13. The van der Waals surface area contributed by atoms with Gasteiger partial charge in [-0.3, -0.25) is 4.90 Å². The van der Waals surface area contributed by atoms with Crippen LogP contribution in [0.1, 0.15) is 25.0 Å². The second kappa shape index (κ2) is 5.94. The molecule has 0 spiro atoms. The van der Waals surface area contributed by atoms with Gasteiger partial charge in [0, 0.05) is 24.7 Å². The van der Waals surface area contributed by atoms with E-state index in [1.807, 2.05) is 13.0 Å². The van der Waals surface area contributed by atoms with Gasteiger partial charge in [0.1, 0.15) is 10.8 Å². The average Bonchev–Trinajstić information content (AvgIpc) is 2.33. The van der Waals surface area contributed by atoms with Gasteiger partial charge in [-0.25, -0.2) is 4.39 Å². The lowest BCUT2D eigenvalue weighted by molar-refractivity contribution is -0.0526. The van der Waals surface area contributed by atoms with Crippen LogP contribution in [0.4, 0.5) is 4.39 Å². The minimum atomic E-state index is -0.297. The van der Waals surface area contributed by atoms with Gasteiger partial charge >= 0.3 is 0 Å². The first-order valence-corrected chi connectivity index (χ1v) is 6.81. The van der Waals surface area contributed by atoms with Crippen molar-refractivity contribution in [1.29, 1.82) is 0 Å². The molecule has 1 aromatic carbocycles. The molecule has 0 saturated carbocycles. The number of benzene rings is 1. The molecule has 0 radical (unpaired) electrons. The van der Waals surface area contributed by atoms with E-state index in [4.69, 9.17) is 22.7 Å². The summed E-state index contributed by atoms with van der Waals surface area (Å²) < 4.78 is 19.1. The van der Waals surface area contributed by atoms with Crippen molar-refractivity contribution >= 4 is 17.2 Å². The summed E-state index contributed by atoms with van der Waals surface area (Å²) in [4.78, 5) is 2.51. The van der Waals surface area contributed by atoms with Gasteiger partial charge in [-0.2, -0.15) is 0 Å². The zero-order valence-corrected chi connectivity index (χ0v) is 12.0. The van der Waals surface area contributed by atoms with E-state index in [2.05, 4.69) is 11.8 Å². The van der Waals surface area contributed by atoms with Crippen molar-refractivity contribution in [1.82, 2.24) is 4.90 Å². The Balaban J connectivity index is 2.16. The number of hydrogen-bond donors (Lipinski definition) is 1. The zero-order valence-electron chi connectivity index (χ0n) is 11.2. The lowest BCUT2D eigenvalue weighted by Crippen LogP contribution is -2.46. The van der Waals surface area contributed by atoms with Crippen LogP contribution in [0.3, 0.4) is 0 Å². The molecule has 1 fully saturated rings. The van der Waals surface area contributed by atoms with E-state index in [-0.39, 0.29) is 16.9 Å². The van der Waals surface area contributed by atoms with Crippen molar-refractivity contribution in [3.05, 3.63) is 35.1 Å². The first-order chi connectivity index (χ1) is 8.95. The summed E-state index contributed by atoms with van der Waals surface area (Å²) in [7, 11) is 0. The average molecular weight is 282 g/mol. The summed E-state index contributed by atoms with van der Waals surface area (Å²) in [5.74, 6) is -0.297. The highest BCUT2D eigenvalue weighted by molar-refractivity contribution is 7.80. The van der Waals surface area contributed by atoms with E-state index in [9.17, 15) is 4.39 Å². The summed E-state index contributed by atoms with van der Waals surface area (Å²) in [6, 6.07) is 5.09. The highest BCUT2D eigenvalue weighted by Crippen LogP contribution is 2.17. The maximum atomic E-state index is 13.6. The Bertz CT molecular complexity index is 481. The number of nitrogens with two attached hydrogens (primary N) is 1. The van der Waals surface area contributed by atoms with Crippen LogP contribution in [0, 0.1) is 5.82 Å². The molecule has 1 saturated heterocycles. The fraction of sp³-hybridized carbons (Fsp3) is 0.500. The summed E-state index contributed by atoms with van der Waals surface area (Å²) in [5, 5.41) is 0. The molecule has 0 aromatic heterocycles. The highest BCUT2D eigenvalue weighted by atomic mass is 32.1. The molecule has 0 bridgehead atoms. The summed E-state index contributed by atoms with van der Waals surface area (Å²) in [6.45, 7) is 6.39. The van der Waals surface area contributed by atoms with Crippen LogP contribution < -0.4 is 5.73 Å². The largest absolute Gasteiger partial charge is 0.389 e. The van der Waals surface area contributed by atoms with Gasteiger partial charge in [-0.15, -0.1) is 0 Å². The Morgan fingerprint density at radius 2 is 2.21 bits per heavy atom. The summed E-state index contributed by atoms with van der Waals surface area (Å²) in [5.41, 5.74) is 7.04. The van der Waals surface area contributed by atoms with Crippen molar-refractivity contribution in [2.24, 2.45) is 5.73 Å². The molecule has 19 heavy (non-hydrogen) atoms. The minimum Gasteiger partial charge on any atom is -0.389 e. The molecule has 1 aromatic rings. The third kappa shape index (κ3) is 3.72. The molecule has 1 aliphatic heterocycles. The van der Waals surface area contributed by atoms with E-state index in [0.717, 1.165) is 12.1 Å². The van der Waals surface area contributed by atoms with Crippen molar-refractivity contribution in [2.45, 2.75) is 32.5 Å². The number of nitrogens with zero attached hydrogens (tertiary/aromatic N) is 1. The van der Waals surface area contributed by atoms with Crippen molar-refractivity contribution in [3.63, 3.8) is 0 Å². The fourth-order valence-electron chi connectivity index (χ4n) is 2.31. The standard InChI is InChI=1S/C14H19FN2OS/c1-9-8-18-10(2)6-17(9)7-11-3-12(14(16)19)5-13(15)4-11/h3-5,9-10H,6-8H2,1-2H3,(H2,16,19). The lowest BCUT2D eigenvalue weighted by atomic mass is 10.1. The third-order valence-corrected chi connectivity index (χ3v) is 3.60. The van der Waals surface area contributed by atoms with Crippen LogP contribution in [0.5, 0.6) is 0 Å². The Morgan fingerprint density at radius 3 is 2.89 bits per heavy atom. The van der Waals surface area contributed by atoms with Gasteiger partial charge in [0.05, 0.1) is 12.7 Å². The monoisotopic (exact) mass is 282 g/mol. The summed E-state index contributed by atoms with van der Waals surface area (Å²) in [6.07, 6.45) is 0.208. The molecule has 2 rings (SSSR count). The first-order valence-electron chi connectivity index (χ1n) is 6.40. The molecule has 3 nitrogen and oxygen atoms in total. The SMILES string of the molecule is CC1CN(Cc2cc(F)cc(C(N)=S)c2)C(C)CO1. The van der Waals surface area contributed by atoms with Gasteiger partial charge in [-0.05, 0) is 37.6 Å². The molecular formula is C14H19FN2OS. The third-order valence-electron chi connectivity index (χ3n) is 3.36. The smallest absolute Gasteiger partial charge is 0.124 e.